The number of aliphatic hydroxyl groups excluding tert-OH is 2. The maximum Gasteiger partial charge on any atom is 0.189 e. The second-order valence-electron chi connectivity index (χ2n) is 4.81. The lowest BCUT2D eigenvalue weighted by atomic mass is 10.1. The van der Waals surface area contributed by atoms with E-state index in [2.05, 4.69) is 16.0 Å². The molecule has 2 N–H and O–H groups in total. The van der Waals surface area contributed by atoms with Crippen molar-refractivity contribution in [3.63, 3.8) is 0 Å². The van der Waals surface area contributed by atoms with Gasteiger partial charge in [-0.05, 0) is 18.4 Å². The van der Waals surface area contributed by atoms with Crippen LogP contribution in [-0.4, -0.2) is 52.7 Å². The lowest BCUT2D eigenvalue weighted by Gasteiger charge is -2.24. The number of hydrogen-bond acceptors (Lipinski definition) is 7. The van der Waals surface area contributed by atoms with Crippen molar-refractivity contribution in [3.05, 3.63) is 34.9 Å². The van der Waals surface area contributed by atoms with Crippen molar-refractivity contribution < 1.29 is 10.2 Å². The zero-order valence-electron chi connectivity index (χ0n) is 13.1. The van der Waals surface area contributed by atoms with Crippen LogP contribution in [0.4, 0.5) is 5.82 Å². The predicted octanol–water partition coefficient (Wildman–Crippen LogP) is 2.18. The highest BCUT2D eigenvalue weighted by Crippen LogP contribution is 2.30. The molecule has 8 heteroatoms. The van der Waals surface area contributed by atoms with Crippen molar-refractivity contribution in [1.29, 1.82) is 5.26 Å². The van der Waals surface area contributed by atoms with E-state index in [9.17, 15) is 15.5 Å². The topological polar surface area (TPSA) is 93.3 Å². The molecule has 1 aromatic carbocycles. The number of anilines is 1. The van der Waals surface area contributed by atoms with Gasteiger partial charge in [-0.15, -0.1) is 0 Å². The van der Waals surface area contributed by atoms with Crippen LogP contribution in [0.15, 0.2) is 29.4 Å². The average molecular weight is 365 g/mol. The zero-order chi connectivity index (χ0) is 17.5. The molecule has 126 valence electrons. The Balaban J connectivity index is 2.64. The molecule has 0 fully saturated rings. The Hall–Kier alpha value is -1.85. The summed E-state index contributed by atoms with van der Waals surface area (Å²) >= 11 is 7.29. The molecule has 0 radical (unpaired) electrons. The van der Waals surface area contributed by atoms with Gasteiger partial charge in [0, 0.05) is 23.7 Å². The third-order valence-corrected chi connectivity index (χ3v) is 4.12. The van der Waals surface area contributed by atoms with Gasteiger partial charge in [0.25, 0.3) is 0 Å². The second kappa shape index (κ2) is 8.85. The fourth-order valence-electron chi connectivity index (χ4n) is 2.23. The summed E-state index contributed by atoms with van der Waals surface area (Å²) in [6.45, 7) is 0.305. The SMILES string of the molecule is CSc1nc(-c2ccc(Cl)cc2)c(C#N)c(N(CCO)CCO)n1. The van der Waals surface area contributed by atoms with E-state index in [0.29, 0.717) is 27.3 Å². The summed E-state index contributed by atoms with van der Waals surface area (Å²) < 4.78 is 0. The smallest absolute Gasteiger partial charge is 0.189 e. The standard InChI is InChI=1S/C16H17ClN4O2S/c1-24-16-19-14(11-2-4-12(17)5-3-11)13(10-18)15(20-16)21(6-8-22)7-9-23/h2-5,22-23H,6-9H2,1H3. The van der Waals surface area contributed by atoms with Gasteiger partial charge in [-0.2, -0.15) is 5.26 Å². The lowest BCUT2D eigenvalue weighted by Crippen LogP contribution is -2.31. The summed E-state index contributed by atoms with van der Waals surface area (Å²) in [4.78, 5) is 10.6. The molecular formula is C16H17ClN4O2S. The van der Waals surface area contributed by atoms with Crippen LogP contribution in [0.5, 0.6) is 0 Å². The highest BCUT2D eigenvalue weighted by molar-refractivity contribution is 7.98. The molecule has 0 aliphatic rings. The summed E-state index contributed by atoms with van der Waals surface area (Å²) in [5, 5.41) is 29.3. The van der Waals surface area contributed by atoms with Crippen molar-refractivity contribution in [2.45, 2.75) is 5.16 Å². The molecule has 0 atom stereocenters. The van der Waals surface area contributed by atoms with Gasteiger partial charge in [0.1, 0.15) is 11.6 Å². The van der Waals surface area contributed by atoms with E-state index in [1.165, 1.54) is 11.8 Å². The van der Waals surface area contributed by atoms with Gasteiger partial charge in [-0.3, -0.25) is 0 Å². The van der Waals surface area contributed by atoms with E-state index in [-0.39, 0.29) is 26.3 Å². The Kier molecular flexibility index (Phi) is 6.82. The Morgan fingerprint density at radius 3 is 2.29 bits per heavy atom. The van der Waals surface area contributed by atoms with Gasteiger partial charge in [0.15, 0.2) is 11.0 Å². The van der Waals surface area contributed by atoms with Gasteiger partial charge in [0.2, 0.25) is 0 Å². The highest BCUT2D eigenvalue weighted by atomic mass is 35.5. The van der Waals surface area contributed by atoms with Crippen LogP contribution in [0.1, 0.15) is 5.56 Å². The summed E-state index contributed by atoms with van der Waals surface area (Å²) in [5.41, 5.74) is 1.56. The third kappa shape index (κ3) is 4.16. The first kappa shape index (κ1) is 18.5. The average Bonchev–Trinajstić information content (AvgIpc) is 2.61. The fourth-order valence-corrected chi connectivity index (χ4v) is 2.72. The van der Waals surface area contributed by atoms with Crippen LogP contribution < -0.4 is 4.90 Å². The van der Waals surface area contributed by atoms with Crippen molar-refractivity contribution in [2.24, 2.45) is 0 Å². The summed E-state index contributed by atoms with van der Waals surface area (Å²) in [6, 6.07) is 9.21. The van der Waals surface area contributed by atoms with Crippen LogP contribution >= 0.6 is 23.4 Å². The normalized spacial score (nSPS) is 10.5. The Morgan fingerprint density at radius 2 is 1.79 bits per heavy atom. The molecule has 0 amide bonds. The molecule has 0 saturated carbocycles. The van der Waals surface area contributed by atoms with Crippen LogP contribution in [-0.2, 0) is 0 Å². The van der Waals surface area contributed by atoms with Crippen LogP contribution in [0.2, 0.25) is 5.02 Å². The predicted molar refractivity (Wildman–Crippen MR) is 95.4 cm³/mol. The number of benzene rings is 1. The Bertz CT molecular complexity index is 728. The molecule has 0 saturated heterocycles. The van der Waals surface area contributed by atoms with E-state index in [4.69, 9.17) is 11.6 Å². The van der Waals surface area contributed by atoms with Gasteiger partial charge in [-0.1, -0.05) is 35.5 Å². The Morgan fingerprint density at radius 1 is 1.17 bits per heavy atom. The van der Waals surface area contributed by atoms with Crippen LogP contribution in [0.3, 0.4) is 0 Å². The molecule has 0 unspecified atom stereocenters. The Labute approximate surface area is 149 Å². The molecule has 0 aliphatic carbocycles. The largest absolute Gasteiger partial charge is 0.395 e. The molecule has 1 heterocycles. The third-order valence-electron chi connectivity index (χ3n) is 3.32. The van der Waals surface area contributed by atoms with E-state index in [0.717, 1.165) is 5.56 Å². The van der Waals surface area contributed by atoms with E-state index < -0.39 is 0 Å². The lowest BCUT2D eigenvalue weighted by molar-refractivity contribution is 0.280. The number of aliphatic hydroxyl groups is 2. The van der Waals surface area contributed by atoms with Crippen LogP contribution in [0, 0.1) is 11.3 Å². The van der Waals surface area contributed by atoms with E-state index >= 15 is 0 Å². The number of nitriles is 1. The van der Waals surface area contributed by atoms with E-state index in [1.54, 1.807) is 29.2 Å². The summed E-state index contributed by atoms with van der Waals surface area (Å²) in [5.74, 6) is 0.407. The molecule has 0 spiro atoms. The first-order valence-corrected chi connectivity index (χ1v) is 8.83. The monoisotopic (exact) mass is 364 g/mol. The minimum atomic E-state index is -0.111. The number of nitrogens with zero attached hydrogens (tertiary/aromatic N) is 4. The number of aromatic nitrogens is 2. The molecular weight excluding hydrogens is 348 g/mol. The van der Waals surface area contributed by atoms with E-state index in [1.807, 2.05) is 6.26 Å². The van der Waals surface area contributed by atoms with Crippen molar-refractivity contribution in [1.82, 2.24) is 9.97 Å². The number of thioether (sulfide) groups is 1. The van der Waals surface area contributed by atoms with Gasteiger partial charge >= 0.3 is 0 Å². The molecule has 1 aromatic heterocycles. The minimum Gasteiger partial charge on any atom is -0.395 e. The molecule has 24 heavy (non-hydrogen) atoms. The van der Waals surface area contributed by atoms with Gasteiger partial charge in [0.05, 0.1) is 18.9 Å². The van der Waals surface area contributed by atoms with Crippen LogP contribution in [0.25, 0.3) is 11.3 Å². The van der Waals surface area contributed by atoms with Gasteiger partial charge < -0.3 is 15.1 Å². The molecule has 2 rings (SSSR count). The summed E-state index contributed by atoms with van der Waals surface area (Å²) in [6.07, 6.45) is 1.85. The number of halogens is 1. The van der Waals surface area contributed by atoms with Crippen molar-refractivity contribution in [3.8, 4) is 17.3 Å². The molecule has 0 aliphatic heterocycles. The van der Waals surface area contributed by atoms with Crippen molar-refractivity contribution in [2.75, 3.05) is 37.5 Å². The molecule has 0 bridgehead atoms. The fraction of sp³-hybridized carbons (Fsp3) is 0.312. The summed E-state index contributed by atoms with van der Waals surface area (Å²) in [7, 11) is 0. The van der Waals surface area contributed by atoms with Gasteiger partial charge in [-0.25, -0.2) is 9.97 Å². The molecule has 6 nitrogen and oxygen atoms in total. The quantitative estimate of drug-likeness (QED) is 0.574. The first-order chi connectivity index (χ1) is 11.6. The second-order valence-corrected chi connectivity index (χ2v) is 6.02. The molecule has 2 aromatic rings. The maximum atomic E-state index is 9.65. The van der Waals surface area contributed by atoms with Crippen molar-refractivity contribution >= 4 is 29.2 Å². The maximum absolute atomic E-state index is 9.65. The number of rotatable bonds is 7. The number of hydrogen-bond donors (Lipinski definition) is 2. The highest BCUT2D eigenvalue weighted by Gasteiger charge is 2.20. The first-order valence-electron chi connectivity index (χ1n) is 7.23. The minimum absolute atomic E-state index is 0.111. The zero-order valence-corrected chi connectivity index (χ0v) is 14.7.